The third-order valence-corrected chi connectivity index (χ3v) is 3.51. The van der Waals surface area contributed by atoms with Gasteiger partial charge >= 0.3 is 5.97 Å². The van der Waals surface area contributed by atoms with Gasteiger partial charge in [-0.2, -0.15) is 11.8 Å². The molecule has 0 bridgehead atoms. The number of carboxylic acid groups (broad SMARTS) is 1. The van der Waals surface area contributed by atoms with E-state index in [1.54, 1.807) is 11.8 Å². The van der Waals surface area contributed by atoms with Gasteiger partial charge in [0, 0.05) is 6.42 Å². The first kappa shape index (κ1) is 16.5. The first-order chi connectivity index (χ1) is 9.54. The van der Waals surface area contributed by atoms with Gasteiger partial charge in [0.15, 0.2) is 0 Å². The van der Waals surface area contributed by atoms with Gasteiger partial charge in [-0.05, 0) is 24.0 Å². The van der Waals surface area contributed by atoms with Crippen LogP contribution in [0.2, 0.25) is 0 Å². The summed E-state index contributed by atoms with van der Waals surface area (Å²) in [5.41, 5.74) is 6.59. The highest BCUT2D eigenvalue weighted by molar-refractivity contribution is 7.98. The minimum Gasteiger partial charge on any atom is -0.480 e. The van der Waals surface area contributed by atoms with Crippen LogP contribution in [0.4, 0.5) is 0 Å². The third kappa shape index (κ3) is 5.63. The summed E-state index contributed by atoms with van der Waals surface area (Å²) < 4.78 is 0. The molecule has 0 heterocycles. The van der Waals surface area contributed by atoms with Crippen LogP contribution in [0.1, 0.15) is 12.0 Å². The topological polar surface area (TPSA) is 92.4 Å². The lowest BCUT2D eigenvalue weighted by Gasteiger charge is -2.17. The number of nitrogens with two attached hydrogens (primary N) is 1. The van der Waals surface area contributed by atoms with E-state index in [1.807, 2.05) is 36.6 Å². The van der Waals surface area contributed by atoms with Crippen LogP contribution >= 0.6 is 11.8 Å². The van der Waals surface area contributed by atoms with Crippen LogP contribution in [0, 0.1) is 0 Å². The van der Waals surface area contributed by atoms with Crippen LogP contribution in [-0.4, -0.2) is 41.1 Å². The molecule has 1 aromatic rings. The number of hydrogen-bond donors (Lipinski definition) is 3. The Morgan fingerprint density at radius 3 is 2.55 bits per heavy atom. The lowest BCUT2D eigenvalue weighted by atomic mass is 10.1. The molecule has 0 radical (unpaired) electrons. The molecule has 6 heteroatoms. The number of thioether (sulfide) groups is 1. The Hall–Kier alpha value is -1.53. The maximum atomic E-state index is 11.8. The maximum absolute atomic E-state index is 11.8. The second-order valence-electron chi connectivity index (χ2n) is 4.48. The molecule has 0 spiro atoms. The van der Waals surface area contributed by atoms with E-state index in [4.69, 9.17) is 5.73 Å². The molecule has 4 N–H and O–H groups in total. The van der Waals surface area contributed by atoms with Crippen molar-refractivity contribution in [3.63, 3.8) is 0 Å². The van der Waals surface area contributed by atoms with E-state index >= 15 is 0 Å². The molecular weight excluding hydrogens is 276 g/mol. The van der Waals surface area contributed by atoms with E-state index in [-0.39, 0.29) is 6.42 Å². The standard InChI is InChI=1S/C14H20N2O3S/c1-20-8-7-11(15)13(17)16-12(14(18)19)9-10-5-3-2-4-6-10/h2-6,11-12H,7-9,15H2,1H3,(H,16,17)(H,18,19)/t11-,12+/m0/s1. The molecule has 0 aliphatic heterocycles. The molecule has 20 heavy (non-hydrogen) atoms. The van der Waals surface area contributed by atoms with Gasteiger partial charge in [0.05, 0.1) is 6.04 Å². The monoisotopic (exact) mass is 296 g/mol. The summed E-state index contributed by atoms with van der Waals surface area (Å²) in [6.07, 6.45) is 2.71. The number of nitrogens with one attached hydrogen (secondary N) is 1. The van der Waals surface area contributed by atoms with Crippen LogP contribution < -0.4 is 11.1 Å². The molecule has 0 saturated heterocycles. The quantitative estimate of drug-likeness (QED) is 0.662. The largest absolute Gasteiger partial charge is 0.480 e. The molecule has 0 unspecified atom stereocenters. The first-order valence-electron chi connectivity index (χ1n) is 6.36. The highest BCUT2D eigenvalue weighted by Crippen LogP contribution is 2.05. The highest BCUT2D eigenvalue weighted by atomic mass is 32.2. The van der Waals surface area contributed by atoms with Crippen molar-refractivity contribution >= 4 is 23.6 Å². The van der Waals surface area contributed by atoms with E-state index < -0.39 is 24.0 Å². The van der Waals surface area contributed by atoms with E-state index in [0.717, 1.165) is 11.3 Å². The molecule has 110 valence electrons. The molecular formula is C14H20N2O3S. The highest BCUT2D eigenvalue weighted by Gasteiger charge is 2.23. The van der Waals surface area contributed by atoms with Crippen molar-refractivity contribution in [2.45, 2.75) is 24.9 Å². The molecule has 0 fully saturated rings. The minimum atomic E-state index is -1.06. The lowest BCUT2D eigenvalue weighted by Crippen LogP contribution is -2.49. The van der Waals surface area contributed by atoms with Gasteiger partial charge in [-0.3, -0.25) is 4.79 Å². The predicted molar refractivity (Wildman–Crippen MR) is 80.7 cm³/mol. The van der Waals surface area contributed by atoms with Crippen LogP contribution in [0.5, 0.6) is 0 Å². The van der Waals surface area contributed by atoms with Crippen LogP contribution in [0.25, 0.3) is 0 Å². The summed E-state index contributed by atoms with van der Waals surface area (Å²) in [5.74, 6) is -0.702. The maximum Gasteiger partial charge on any atom is 0.326 e. The summed E-state index contributed by atoms with van der Waals surface area (Å²) in [7, 11) is 0. The summed E-state index contributed by atoms with van der Waals surface area (Å²) in [4.78, 5) is 23.1. The fraction of sp³-hybridized carbons (Fsp3) is 0.429. The zero-order valence-electron chi connectivity index (χ0n) is 11.4. The molecule has 0 aliphatic rings. The van der Waals surface area contributed by atoms with Crippen LogP contribution in [0.15, 0.2) is 30.3 Å². The second-order valence-corrected chi connectivity index (χ2v) is 5.46. The van der Waals surface area contributed by atoms with Crippen LogP contribution in [0.3, 0.4) is 0 Å². The van der Waals surface area contributed by atoms with E-state index in [0.29, 0.717) is 6.42 Å². The van der Waals surface area contributed by atoms with Crippen molar-refractivity contribution in [2.24, 2.45) is 5.73 Å². The summed E-state index contributed by atoms with van der Waals surface area (Å²) in [6, 6.07) is 7.56. The van der Waals surface area contributed by atoms with Gasteiger partial charge in [0.1, 0.15) is 6.04 Å². The van der Waals surface area contributed by atoms with Crippen LogP contribution in [-0.2, 0) is 16.0 Å². The van der Waals surface area contributed by atoms with Gasteiger partial charge in [-0.15, -0.1) is 0 Å². The molecule has 5 nitrogen and oxygen atoms in total. The molecule has 0 saturated carbocycles. The van der Waals surface area contributed by atoms with Crippen molar-refractivity contribution in [3.8, 4) is 0 Å². The fourth-order valence-corrected chi connectivity index (χ4v) is 2.19. The number of carboxylic acids is 1. The average molecular weight is 296 g/mol. The van der Waals surface area contributed by atoms with Gasteiger partial charge in [-0.25, -0.2) is 4.79 Å². The van der Waals surface area contributed by atoms with Crippen molar-refractivity contribution in [2.75, 3.05) is 12.0 Å². The Bertz CT molecular complexity index is 439. The smallest absolute Gasteiger partial charge is 0.326 e. The number of amides is 1. The Morgan fingerprint density at radius 1 is 1.35 bits per heavy atom. The normalized spacial score (nSPS) is 13.5. The number of rotatable bonds is 8. The number of carbonyl (C=O) groups is 2. The fourth-order valence-electron chi connectivity index (χ4n) is 1.70. The zero-order chi connectivity index (χ0) is 15.0. The van der Waals surface area contributed by atoms with Crippen molar-refractivity contribution in [1.82, 2.24) is 5.32 Å². The number of benzene rings is 1. The summed E-state index contributed by atoms with van der Waals surface area (Å²) >= 11 is 1.60. The average Bonchev–Trinajstić information content (AvgIpc) is 2.44. The van der Waals surface area contributed by atoms with E-state index in [2.05, 4.69) is 5.32 Å². The van der Waals surface area contributed by atoms with Gasteiger partial charge in [0.25, 0.3) is 0 Å². The first-order valence-corrected chi connectivity index (χ1v) is 7.75. The number of carbonyl (C=O) groups excluding carboxylic acids is 1. The minimum absolute atomic E-state index is 0.247. The Labute approximate surface area is 122 Å². The Kier molecular flexibility index (Phi) is 7.11. The summed E-state index contributed by atoms with van der Waals surface area (Å²) in [6.45, 7) is 0. The lowest BCUT2D eigenvalue weighted by molar-refractivity contribution is -0.142. The van der Waals surface area contributed by atoms with Gasteiger partial charge < -0.3 is 16.2 Å². The summed E-state index contributed by atoms with van der Waals surface area (Å²) in [5, 5.41) is 11.7. The molecule has 0 aromatic heterocycles. The van der Waals surface area contributed by atoms with Crippen molar-refractivity contribution < 1.29 is 14.7 Å². The molecule has 2 atom stereocenters. The van der Waals surface area contributed by atoms with E-state index in [1.165, 1.54) is 0 Å². The van der Waals surface area contributed by atoms with Gasteiger partial charge in [0.2, 0.25) is 5.91 Å². The van der Waals surface area contributed by atoms with Crippen molar-refractivity contribution in [1.29, 1.82) is 0 Å². The Morgan fingerprint density at radius 2 is 2.00 bits per heavy atom. The predicted octanol–water partition coefficient (Wildman–Crippen LogP) is 0.879. The molecule has 1 aromatic carbocycles. The molecule has 1 rings (SSSR count). The SMILES string of the molecule is CSCC[C@H](N)C(=O)N[C@H](Cc1ccccc1)C(=O)O. The number of hydrogen-bond acceptors (Lipinski definition) is 4. The van der Waals surface area contributed by atoms with Crippen molar-refractivity contribution in [3.05, 3.63) is 35.9 Å². The van der Waals surface area contributed by atoms with Gasteiger partial charge in [-0.1, -0.05) is 30.3 Å². The van der Waals surface area contributed by atoms with E-state index in [9.17, 15) is 14.7 Å². The zero-order valence-corrected chi connectivity index (χ0v) is 12.2. The second kappa shape index (κ2) is 8.60. The molecule has 0 aliphatic carbocycles. The number of aliphatic carboxylic acids is 1. The molecule has 1 amide bonds. The Balaban J connectivity index is 2.59. The third-order valence-electron chi connectivity index (χ3n) is 2.87.